The number of nitriles is 1. The molecule has 0 saturated heterocycles. The summed E-state index contributed by atoms with van der Waals surface area (Å²) in [6, 6.07) is 10.2. The van der Waals surface area contributed by atoms with Crippen LogP contribution in [0, 0.1) is 11.3 Å². The van der Waals surface area contributed by atoms with E-state index in [1.807, 2.05) is 37.2 Å². The molecule has 20 heavy (non-hydrogen) atoms. The molecule has 0 saturated carbocycles. The van der Waals surface area contributed by atoms with Gasteiger partial charge in [0.25, 0.3) is 0 Å². The first kappa shape index (κ1) is 12.7. The van der Waals surface area contributed by atoms with Gasteiger partial charge in [-0.05, 0) is 36.8 Å². The highest BCUT2D eigenvalue weighted by atomic mass is 16.5. The number of rotatable bonds is 2. The molecule has 3 rings (SSSR count). The van der Waals surface area contributed by atoms with Gasteiger partial charge in [0.1, 0.15) is 0 Å². The summed E-state index contributed by atoms with van der Waals surface area (Å²) in [4.78, 5) is 1.96. The van der Waals surface area contributed by atoms with Gasteiger partial charge in [0.2, 0.25) is 5.88 Å². The molecule has 1 aliphatic rings. The van der Waals surface area contributed by atoms with Gasteiger partial charge in [-0.25, -0.2) is 0 Å². The van der Waals surface area contributed by atoms with Crippen LogP contribution in [0.4, 0.5) is 5.88 Å². The molecule has 1 heterocycles. The summed E-state index contributed by atoms with van der Waals surface area (Å²) < 4.78 is 5.43. The molecule has 0 N–H and O–H groups in total. The van der Waals surface area contributed by atoms with Crippen molar-refractivity contribution in [1.82, 2.24) is 5.16 Å². The van der Waals surface area contributed by atoms with Crippen LogP contribution in [0.2, 0.25) is 0 Å². The lowest BCUT2D eigenvalue weighted by Gasteiger charge is -2.23. The Morgan fingerprint density at radius 3 is 2.90 bits per heavy atom. The van der Waals surface area contributed by atoms with E-state index in [9.17, 15) is 5.26 Å². The van der Waals surface area contributed by atoms with Crippen LogP contribution in [-0.4, -0.2) is 19.3 Å². The predicted octanol–water partition coefficient (Wildman–Crippen LogP) is 2.88. The summed E-state index contributed by atoms with van der Waals surface area (Å²) in [5.41, 5.74) is 4.19. The molecule has 0 radical (unpaired) electrons. The van der Waals surface area contributed by atoms with Crippen molar-refractivity contribution in [2.75, 3.05) is 19.0 Å². The molecule has 4 nitrogen and oxygen atoms in total. The summed E-state index contributed by atoms with van der Waals surface area (Å²) in [6.07, 6.45) is 2.83. The van der Waals surface area contributed by atoms with Crippen molar-refractivity contribution in [2.45, 2.75) is 25.2 Å². The summed E-state index contributed by atoms with van der Waals surface area (Å²) in [7, 11) is 3.93. The first-order chi connectivity index (χ1) is 9.70. The highest BCUT2D eigenvalue weighted by molar-refractivity contribution is 5.49. The highest BCUT2D eigenvalue weighted by Gasteiger charge is 2.28. The normalized spacial score (nSPS) is 17.4. The summed E-state index contributed by atoms with van der Waals surface area (Å²) in [6.45, 7) is 0. The van der Waals surface area contributed by atoms with Crippen molar-refractivity contribution in [1.29, 1.82) is 5.26 Å². The van der Waals surface area contributed by atoms with Crippen molar-refractivity contribution in [3.8, 4) is 6.07 Å². The molecule has 1 aliphatic carbocycles. The predicted molar refractivity (Wildman–Crippen MR) is 76.8 cm³/mol. The fourth-order valence-electron chi connectivity index (χ4n) is 2.96. The highest BCUT2D eigenvalue weighted by Crippen LogP contribution is 2.37. The minimum atomic E-state index is 0.372. The Hall–Kier alpha value is -2.28. The molecule has 102 valence electrons. The van der Waals surface area contributed by atoms with Crippen molar-refractivity contribution in [2.24, 2.45) is 0 Å². The third-order valence-corrected chi connectivity index (χ3v) is 3.96. The second-order valence-corrected chi connectivity index (χ2v) is 5.45. The van der Waals surface area contributed by atoms with Gasteiger partial charge in [0, 0.05) is 19.7 Å². The Morgan fingerprint density at radius 1 is 1.35 bits per heavy atom. The molecule has 0 bridgehead atoms. The number of hydrogen-bond donors (Lipinski definition) is 0. The summed E-state index contributed by atoms with van der Waals surface area (Å²) in [5.74, 6) is 1.22. The average Bonchev–Trinajstić information content (AvgIpc) is 2.90. The summed E-state index contributed by atoms with van der Waals surface area (Å²) in [5, 5.41) is 13.4. The van der Waals surface area contributed by atoms with Gasteiger partial charge in [0.15, 0.2) is 0 Å². The van der Waals surface area contributed by atoms with Crippen molar-refractivity contribution in [3.63, 3.8) is 0 Å². The maximum Gasteiger partial charge on any atom is 0.230 e. The fourth-order valence-corrected chi connectivity index (χ4v) is 2.96. The van der Waals surface area contributed by atoms with Gasteiger partial charge >= 0.3 is 0 Å². The van der Waals surface area contributed by atoms with Gasteiger partial charge in [-0.15, -0.1) is 0 Å². The van der Waals surface area contributed by atoms with Gasteiger partial charge in [-0.3, -0.25) is 0 Å². The molecule has 4 heteroatoms. The molecule has 1 unspecified atom stereocenters. The number of fused-ring (bicyclic) bond motifs is 1. The molecule has 1 atom stereocenters. The average molecular weight is 267 g/mol. The van der Waals surface area contributed by atoms with Crippen molar-refractivity contribution < 1.29 is 4.52 Å². The van der Waals surface area contributed by atoms with Crippen LogP contribution in [0.1, 0.15) is 34.7 Å². The number of anilines is 1. The van der Waals surface area contributed by atoms with Crippen LogP contribution < -0.4 is 4.90 Å². The largest absolute Gasteiger partial charge is 0.347 e. The molecule has 0 fully saturated rings. The number of benzene rings is 1. The molecule has 0 spiro atoms. The Labute approximate surface area is 118 Å². The number of nitrogens with zero attached hydrogens (tertiary/aromatic N) is 3. The van der Waals surface area contributed by atoms with Crippen LogP contribution in [0.15, 0.2) is 28.8 Å². The van der Waals surface area contributed by atoms with Crippen molar-refractivity contribution in [3.05, 3.63) is 46.6 Å². The fraction of sp³-hybridized carbons (Fsp3) is 0.375. The zero-order chi connectivity index (χ0) is 14.1. The van der Waals surface area contributed by atoms with Crippen LogP contribution in [0.5, 0.6) is 0 Å². The Bertz CT molecular complexity index is 667. The van der Waals surface area contributed by atoms with E-state index in [-0.39, 0.29) is 0 Å². The molecule has 0 aliphatic heterocycles. The Morgan fingerprint density at radius 2 is 2.15 bits per heavy atom. The van der Waals surface area contributed by atoms with E-state index in [0.717, 1.165) is 42.0 Å². The zero-order valence-corrected chi connectivity index (χ0v) is 11.8. The zero-order valence-electron chi connectivity index (χ0n) is 11.8. The first-order valence-corrected chi connectivity index (χ1v) is 6.84. The molecule has 0 amide bonds. The standard InChI is InChI=1S/C16H17N3O/c1-19(2)16-14-9-11(7-8-15(14)18-20-16)13-6-4-3-5-12(13)10-17/h3-6,11H,7-9H2,1-2H3. The minimum absolute atomic E-state index is 0.372. The number of aryl methyl sites for hydroxylation is 1. The van der Waals surface area contributed by atoms with Crippen LogP contribution >= 0.6 is 0 Å². The van der Waals surface area contributed by atoms with Crippen molar-refractivity contribution >= 4 is 5.88 Å². The third-order valence-electron chi connectivity index (χ3n) is 3.96. The third kappa shape index (κ3) is 2.05. The number of hydrogen-bond acceptors (Lipinski definition) is 4. The monoisotopic (exact) mass is 267 g/mol. The lowest BCUT2D eigenvalue weighted by Crippen LogP contribution is -2.16. The van der Waals surface area contributed by atoms with Crippen LogP contribution in [0.3, 0.4) is 0 Å². The van der Waals surface area contributed by atoms with Crippen LogP contribution in [-0.2, 0) is 12.8 Å². The maximum absolute atomic E-state index is 9.26. The minimum Gasteiger partial charge on any atom is -0.347 e. The van der Waals surface area contributed by atoms with Gasteiger partial charge < -0.3 is 9.42 Å². The lowest BCUT2D eigenvalue weighted by molar-refractivity contribution is 0.415. The molecular weight excluding hydrogens is 250 g/mol. The quantitative estimate of drug-likeness (QED) is 0.839. The van der Waals surface area contributed by atoms with E-state index < -0.39 is 0 Å². The molecule has 1 aromatic carbocycles. The van der Waals surface area contributed by atoms with Crippen LogP contribution in [0.25, 0.3) is 0 Å². The van der Waals surface area contributed by atoms with Gasteiger partial charge in [-0.2, -0.15) is 5.26 Å². The smallest absolute Gasteiger partial charge is 0.230 e. The Balaban J connectivity index is 1.96. The lowest BCUT2D eigenvalue weighted by atomic mass is 9.81. The first-order valence-electron chi connectivity index (χ1n) is 6.84. The topological polar surface area (TPSA) is 53.1 Å². The summed E-state index contributed by atoms with van der Waals surface area (Å²) >= 11 is 0. The van der Waals surface area contributed by atoms with E-state index in [1.165, 1.54) is 5.56 Å². The van der Waals surface area contributed by atoms with E-state index in [0.29, 0.717) is 5.92 Å². The van der Waals surface area contributed by atoms with E-state index in [1.54, 1.807) is 0 Å². The van der Waals surface area contributed by atoms with Gasteiger partial charge in [0.05, 0.1) is 17.3 Å². The second-order valence-electron chi connectivity index (χ2n) is 5.45. The van der Waals surface area contributed by atoms with E-state index >= 15 is 0 Å². The van der Waals surface area contributed by atoms with E-state index in [2.05, 4.69) is 17.3 Å². The number of aromatic nitrogens is 1. The molecule has 2 aromatic rings. The second kappa shape index (κ2) is 5.01. The SMILES string of the molecule is CN(C)c1onc2c1CC(c1ccccc1C#N)CC2. The van der Waals surface area contributed by atoms with E-state index in [4.69, 9.17) is 4.52 Å². The Kier molecular flexibility index (Phi) is 3.19. The van der Waals surface area contributed by atoms with Gasteiger partial charge in [-0.1, -0.05) is 23.4 Å². The molecule has 1 aromatic heterocycles. The maximum atomic E-state index is 9.26. The molecular formula is C16H17N3O.